The molecule has 0 atom stereocenters. The highest BCUT2D eigenvalue weighted by molar-refractivity contribution is 5.83. The van der Waals surface area contributed by atoms with Crippen LogP contribution in [0.1, 0.15) is 36.5 Å². The van der Waals surface area contributed by atoms with Crippen LogP contribution in [0, 0.1) is 0 Å². The van der Waals surface area contributed by atoms with Crippen LogP contribution in [0.25, 0.3) is 0 Å². The summed E-state index contributed by atoms with van der Waals surface area (Å²) in [5.41, 5.74) is 5.62. The van der Waals surface area contributed by atoms with Crippen LogP contribution in [0.3, 0.4) is 0 Å². The Morgan fingerprint density at radius 1 is 0.970 bits per heavy atom. The van der Waals surface area contributed by atoms with E-state index in [0.717, 1.165) is 17.5 Å². The van der Waals surface area contributed by atoms with Crippen molar-refractivity contribution >= 4 is 12.1 Å². The van der Waals surface area contributed by atoms with E-state index >= 15 is 0 Å². The molecular formula is C27H30N2O4. The number of hydrogen-bond donors (Lipinski definition) is 1. The number of rotatable bonds is 11. The second kappa shape index (κ2) is 12.3. The van der Waals surface area contributed by atoms with E-state index < -0.39 is 0 Å². The van der Waals surface area contributed by atoms with Crippen molar-refractivity contribution in [2.75, 3.05) is 20.3 Å². The van der Waals surface area contributed by atoms with Gasteiger partial charge in [0.05, 0.1) is 19.9 Å². The SMILES string of the molecule is COc1cc(/C=N/NC(=O)COc2cccc(C(C)C)c2)ccc1OCCc1ccccc1. The summed E-state index contributed by atoms with van der Waals surface area (Å²) < 4.78 is 16.9. The van der Waals surface area contributed by atoms with Gasteiger partial charge in [-0.1, -0.05) is 56.3 Å². The third-order valence-corrected chi connectivity index (χ3v) is 4.98. The van der Waals surface area contributed by atoms with Crippen molar-refractivity contribution in [1.82, 2.24) is 5.43 Å². The predicted molar refractivity (Wildman–Crippen MR) is 130 cm³/mol. The minimum atomic E-state index is -0.339. The summed E-state index contributed by atoms with van der Waals surface area (Å²) in [5.74, 6) is 1.98. The Bertz CT molecular complexity index is 1060. The van der Waals surface area contributed by atoms with Crippen LogP contribution >= 0.6 is 0 Å². The first-order valence-electron chi connectivity index (χ1n) is 10.9. The highest BCUT2D eigenvalue weighted by Crippen LogP contribution is 2.27. The lowest BCUT2D eigenvalue weighted by atomic mass is 10.0. The predicted octanol–water partition coefficient (Wildman–Crippen LogP) is 4.97. The van der Waals surface area contributed by atoms with Gasteiger partial charge in [0, 0.05) is 6.42 Å². The Kier molecular flexibility index (Phi) is 8.88. The van der Waals surface area contributed by atoms with E-state index in [0.29, 0.717) is 29.8 Å². The summed E-state index contributed by atoms with van der Waals surface area (Å²) in [7, 11) is 1.59. The molecule has 0 aliphatic carbocycles. The van der Waals surface area contributed by atoms with Crippen LogP contribution in [0.4, 0.5) is 0 Å². The number of nitrogens with zero attached hydrogens (tertiary/aromatic N) is 1. The Morgan fingerprint density at radius 2 is 1.79 bits per heavy atom. The summed E-state index contributed by atoms with van der Waals surface area (Å²) in [6.45, 7) is 4.65. The maximum atomic E-state index is 12.0. The topological polar surface area (TPSA) is 69.2 Å². The average molecular weight is 447 g/mol. The highest BCUT2D eigenvalue weighted by Gasteiger charge is 2.07. The zero-order chi connectivity index (χ0) is 23.5. The summed E-state index contributed by atoms with van der Waals surface area (Å²) in [6.07, 6.45) is 2.36. The molecule has 0 aromatic heterocycles. The van der Waals surface area contributed by atoms with Gasteiger partial charge in [0.2, 0.25) is 0 Å². The Morgan fingerprint density at radius 3 is 2.55 bits per heavy atom. The second-order valence-corrected chi connectivity index (χ2v) is 7.80. The second-order valence-electron chi connectivity index (χ2n) is 7.80. The molecule has 0 unspecified atom stereocenters. The van der Waals surface area contributed by atoms with Crippen molar-refractivity contribution in [3.63, 3.8) is 0 Å². The van der Waals surface area contributed by atoms with Crippen molar-refractivity contribution in [1.29, 1.82) is 0 Å². The van der Waals surface area contributed by atoms with Crippen molar-refractivity contribution < 1.29 is 19.0 Å². The quantitative estimate of drug-likeness (QED) is 0.334. The lowest BCUT2D eigenvalue weighted by Gasteiger charge is -2.11. The summed E-state index contributed by atoms with van der Waals surface area (Å²) in [5, 5.41) is 4.01. The largest absolute Gasteiger partial charge is 0.493 e. The fourth-order valence-corrected chi connectivity index (χ4v) is 3.13. The zero-order valence-electron chi connectivity index (χ0n) is 19.3. The van der Waals surface area contributed by atoms with Crippen LogP contribution in [0.5, 0.6) is 17.2 Å². The molecule has 0 spiro atoms. The van der Waals surface area contributed by atoms with Crippen molar-refractivity contribution in [2.24, 2.45) is 5.10 Å². The smallest absolute Gasteiger partial charge is 0.277 e. The van der Waals surface area contributed by atoms with Crippen LogP contribution in [-0.2, 0) is 11.2 Å². The number of carbonyl (C=O) groups excluding carboxylic acids is 1. The number of ether oxygens (including phenoxy) is 3. The molecule has 6 nitrogen and oxygen atoms in total. The number of nitrogens with one attached hydrogen (secondary N) is 1. The molecule has 0 fully saturated rings. The number of benzene rings is 3. The van der Waals surface area contributed by atoms with Crippen LogP contribution in [-0.4, -0.2) is 32.4 Å². The van der Waals surface area contributed by atoms with Crippen LogP contribution in [0.15, 0.2) is 77.9 Å². The molecule has 0 bridgehead atoms. The molecule has 0 saturated carbocycles. The first-order valence-corrected chi connectivity index (χ1v) is 10.9. The number of amides is 1. The molecule has 0 aliphatic rings. The molecule has 1 N–H and O–H groups in total. The molecule has 33 heavy (non-hydrogen) atoms. The van der Waals surface area contributed by atoms with E-state index in [4.69, 9.17) is 14.2 Å². The Hall–Kier alpha value is -3.80. The molecular weight excluding hydrogens is 416 g/mol. The Balaban J connectivity index is 1.48. The van der Waals surface area contributed by atoms with Gasteiger partial charge in [0.1, 0.15) is 5.75 Å². The van der Waals surface area contributed by atoms with Gasteiger partial charge in [-0.15, -0.1) is 0 Å². The minimum Gasteiger partial charge on any atom is -0.493 e. The van der Waals surface area contributed by atoms with E-state index in [1.54, 1.807) is 19.4 Å². The van der Waals surface area contributed by atoms with E-state index in [1.807, 2.05) is 54.6 Å². The van der Waals surface area contributed by atoms with E-state index in [9.17, 15) is 4.79 Å². The lowest BCUT2D eigenvalue weighted by molar-refractivity contribution is -0.123. The summed E-state index contributed by atoms with van der Waals surface area (Å²) in [4.78, 5) is 12.0. The first-order chi connectivity index (χ1) is 16.0. The highest BCUT2D eigenvalue weighted by atomic mass is 16.5. The molecule has 3 aromatic carbocycles. The third-order valence-electron chi connectivity index (χ3n) is 4.98. The van der Waals surface area contributed by atoms with E-state index in [-0.39, 0.29) is 12.5 Å². The monoisotopic (exact) mass is 446 g/mol. The molecule has 172 valence electrons. The van der Waals surface area contributed by atoms with Gasteiger partial charge in [-0.05, 0) is 52.9 Å². The molecule has 0 radical (unpaired) electrons. The average Bonchev–Trinajstić information content (AvgIpc) is 2.84. The van der Waals surface area contributed by atoms with Crippen LogP contribution in [0.2, 0.25) is 0 Å². The molecule has 3 rings (SSSR count). The van der Waals surface area contributed by atoms with E-state index in [2.05, 4.69) is 36.5 Å². The Labute approximate surface area is 195 Å². The maximum Gasteiger partial charge on any atom is 0.277 e. The number of methoxy groups -OCH3 is 1. The van der Waals surface area contributed by atoms with E-state index in [1.165, 1.54) is 5.56 Å². The van der Waals surface area contributed by atoms with Gasteiger partial charge in [-0.3, -0.25) is 4.79 Å². The molecule has 0 aliphatic heterocycles. The zero-order valence-corrected chi connectivity index (χ0v) is 19.3. The molecule has 0 heterocycles. The van der Waals surface area contributed by atoms with Crippen molar-refractivity contribution in [3.05, 3.63) is 89.5 Å². The van der Waals surface area contributed by atoms with Gasteiger partial charge >= 0.3 is 0 Å². The fraction of sp³-hybridized carbons (Fsp3) is 0.259. The number of hydrazone groups is 1. The molecule has 3 aromatic rings. The number of hydrogen-bond acceptors (Lipinski definition) is 5. The van der Waals surface area contributed by atoms with Gasteiger partial charge in [0.15, 0.2) is 18.1 Å². The summed E-state index contributed by atoms with van der Waals surface area (Å²) in [6, 6.07) is 23.4. The third kappa shape index (κ3) is 7.68. The van der Waals surface area contributed by atoms with Gasteiger partial charge in [-0.2, -0.15) is 5.10 Å². The van der Waals surface area contributed by atoms with Gasteiger partial charge in [0.25, 0.3) is 5.91 Å². The standard InChI is InChI=1S/C27H30N2O4/c1-20(2)23-10-7-11-24(17-23)33-19-27(30)29-28-18-22-12-13-25(26(16-22)31-3)32-15-14-21-8-5-4-6-9-21/h4-13,16-18,20H,14-15,19H2,1-3H3,(H,29,30)/b28-18+. The van der Waals surface area contributed by atoms with Crippen molar-refractivity contribution in [2.45, 2.75) is 26.2 Å². The minimum absolute atomic E-state index is 0.115. The van der Waals surface area contributed by atoms with Gasteiger partial charge < -0.3 is 14.2 Å². The summed E-state index contributed by atoms with van der Waals surface area (Å²) >= 11 is 0. The van der Waals surface area contributed by atoms with Crippen LogP contribution < -0.4 is 19.6 Å². The molecule has 0 saturated heterocycles. The first kappa shape index (κ1) is 23.9. The normalized spacial score (nSPS) is 10.9. The lowest BCUT2D eigenvalue weighted by Crippen LogP contribution is -2.24. The maximum absolute atomic E-state index is 12.0. The van der Waals surface area contributed by atoms with Gasteiger partial charge in [-0.25, -0.2) is 5.43 Å². The van der Waals surface area contributed by atoms with Crippen molar-refractivity contribution in [3.8, 4) is 17.2 Å². The fourth-order valence-electron chi connectivity index (χ4n) is 3.13. The number of carbonyl (C=O) groups is 1. The molecule has 6 heteroatoms. The molecule has 1 amide bonds.